The van der Waals surface area contributed by atoms with Gasteiger partial charge in [-0.2, -0.15) is 5.10 Å². The lowest BCUT2D eigenvalue weighted by Crippen LogP contribution is -2.13. The number of fused-ring (bicyclic) bond motifs is 1. The second kappa shape index (κ2) is 9.26. The van der Waals surface area contributed by atoms with Crippen LogP contribution in [0.4, 0.5) is 10.1 Å². The molecule has 0 saturated carbocycles. The molecule has 0 saturated heterocycles. The van der Waals surface area contributed by atoms with Crippen molar-refractivity contribution in [3.05, 3.63) is 77.9 Å². The fourth-order valence-corrected chi connectivity index (χ4v) is 5.15. The number of sulfonamides is 1. The molecule has 0 fully saturated rings. The number of hydrogen-bond donors (Lipinski definition) is 2. The molecule has 0 unspecified atom stereocenters. The van der Waals surface area contributed by atoms with E-state index in [1.807, 2.05) is 6.92 Å². The minimum absolute atomic E-state index is 0.0409. The first-order valence-electron chi connectivity index (χ1n) is 10.8. The molecule has 1 aromatic heterocycles. The van der Waals surface area contributed by atoms with Gasteiger partial charge in [0.15, 0.2) is 0 Å². The van der Waals surface area contributed by atoms with Gasteiger partial charge in [-0.1, -0.05) is 43.7 Å². The van der Waals surface area contributed by atoms with Crippen LogP contribution < -0.4 is 4.72 Å². The van der Waals surface area contributed by atoms with E-state index in [1.165, 1.54) is 18.3 Å². The Kier molecular flexibility index (Phi) is 6.39. The maximum absolute atomic E-state index is 14.7. The van der Waals surface area contributed by atoms with Crippen LogP contribution in [0.15, 0.2) is 65.7 Å². The average molecular weight is 482 g/mol. The number of rotatable bonds is 8. The van der Waals surface area contributed by atoms with Gasteiger partial charge in [0.1, 0.15) is 10.7 Å². The van der Waals surface area contributed by atoms with E-state index in [0.717, 1.165) is 18.9 Å². The predicted molar refractivity (Wildman–Crippen MR) is 129 cm³/mol. The summed E-state index contributed by atoms with van der Waals surface area (Å²) in [5.41, 5.74) is 1.27. The van der Waals surface area contributed by atoms with E-state index in [4.69, 9.17) is 0 Å². The molecule has 0 bridgehead atoms. The van der Waals surface area contributed by atoms with Crippen LogP contribution in [-0.4, -0.2) is 29.3 Å². The summed E-state index contributed by atoms with van der Waals surface area (Å²) in [5.74, 6) is -1.73. The molecular formula is C25H24FN3O4S. The van der Waals surface area contributed by atoms with Crippen LogP contribution in [-0.2, 0) is 16.6 Å². The van der Waals surface area contributed by atoms with Gasteiger partial charge in [0.05, 0.1) is 16.9 Å². The molecule has 9 heteroatoms. The first-order valence-corrected chi connectivity index (χ1v) is 12.3. The molecule has 2 N–H and O–H groups in total. The quantitative estimate of drug-likeness (QED) is 0.348. The molecule has 4 rings (SSSR count). The van der Waals surface area contributed by atoms with Gasteiger partial charge in [-0.15, -0.1) is 0 Å². The third-order valence-electron chi connectivity index (χ3n) is 5.60. The average Bonchev–Trinajstić information content (AvgIpc) is 3.19. The van der Waals surface area contributed by atoms with E-state index >= 15 is 0 Å². The Balaban J connectivity index is 1.78. The second-order valence-corrected chi connectivity index (χ2v) is 9.66. The van der Waals surface area contributed by atoms with Crippen molar-refractivity contribution in [2.45, 2.75) is 38.1 Å². The number of carboxylic acid groups (broad SMARTS) is 1. The van der Waals surface area contributed by atoms with Crippen LogP contribution in [0.5, 0.6) is 0 Å². The van der Waals surface area contributed by atoms with Gasteiger partial charge in [-0.3, -0.25) is 9.40 Å². The van der Waals surface area contributed by atoms with Crippen molar-refractivity contribution in [2.24, 2.45) is 0 Å². The maximum atomic E-state index is 14.7. The highest BCUT2D eigenvalue weighted by Crippen LogP contribution is 2.36. The Hall–Kier alpha value is -3.72. The van der Waals surface area contributed by atoms with E-state index in [9.17, 15) is 22.7 Å². The number of nitrogens with zero attached hydrogens (tertiary/aromatic N) is 2. The molecule has 0 radical (unpaired) electrons. The number of aryl methyl sites for hydroxylation is 2. The number of aromatic nitrogens is 2. The van der Waals surface area contributed by atoms with Crippen LogP contribution in [0.3, 0.4) is 0 Å². The van der Waals surface area contributed by atoms with E-state index in [0.29, 0.717) is 34.3 Å². The summed E-state index contributed by atoms with van der Waals surface area (Å²) < 4.78 is 45.3. The summed E-state index contributed by atoms with van der Waals surface area (Å²) in [5, 5.41) is 14.8. The zero-order valence-electron chi connectivity index (χ0n) is 18.7. The Labute approximate surface area is 196 Å². The molecule has 0 amide bonds. The van der Waals surface area contributed by atoms with Crippen LogP contribution >= 0.6 is 0 Å². The van der Waals surface area contributed by atoms with Gasteiger partial charge in [-0.25, -0.2) is 17.6 Å². The standard InChI is InChI=1S/C25H24FN3O4S/c1-3-4-13-29-15-24(16(2)27-29)34(32,33)28-23-12-10-19(18-7-5-6-8-20(18)23)21-14-17(25(30)31)9-11-22(21)26/h5-12,14-15,28H,3-4,13H2,1-2H3,(H,30,31). The van der Waals surface area contributed by atoms with E-state index in [-0.39, 0.29) is 16.0 Å². The van der Waals surface area contributed by atoms with Crippen molar-refractivity contribution in [2.75, 3.05) is 4.72 Å². The normalized spacial score (nSPS) is 11.6. The minimum Gasteiger partial charge on any atom is -0.478 e. The van der Waals surface area contributed by atoms with E-state index < -0.39 is 21.8 Å². The molecule has 4 aromatic rings. The molecule has 3 aromatic carbocycles. The van der Waals surface area contributed by atoms with Crippen molar-refractivity contribution < 1.29 is 22.7 Å². The van der Waals surface area contributed by atoms with Gasteiger partial charge >= 0.3 is 5.97 Å². The van der Waals surface area contributed by atoms with E-state index in [1.54, 1.807) is 48.0 Å². The third kappa shape index (κ3) is 4.51. The van der Waals surface area contributed by atoms with Crippen LogP contribution in [0.2, 0.25) is 0 Å². The molecule has 0 aliphatic rings. The molecule has 0 spiro atoms. The zero-order valence-corrected chi connectivity index (χ0v) is 19.6. The number of benzene rings is 3. The lowest BCUT2D eigenvalue weighted by atomic mass is 9.95. The highest BCUT2D eigenvalue weighted by atomic mass is 32.2. The highest BCUT2D eigenvalue weighted by Gasteiger charge is 2.22. The number of halogens is 1. The molecule has 176 valence electrons. The molecule has 7 nitrogen and oxygen atoms in total. The van der Waals surface area contributed by atoms with Crippen LogP contribution in [0.25, 0.3) is 21.9 Å². The molecular weight excluding hydrogens is 457 g/mol. The molecule has 1 heterocycles. The number of unbranched alkanes of at least 4 members (excludes halogenated alkanes) is 1. The zero-order chi connectivity index (χ0) is 24.5. The number of hydrogen-bond acceptors (Lipinski definition) is 4. The van der Waals surface area contributed by atoms with Crippen molar-refractivity contribution in [1.82, 2.24) is 9.78 Å². The number of nitrogens with one attached hydrogen (secondary N) is 1. The lowest BCUT2D eigenvalue weighted by Gasteiger charge is -2.14. The molecule has 0 aliphatic carbocycles. The first kappa shape index (κ1) is 23.4. The molecule has 34 heavy (non-hydrogen) atoms. The summed E-state index contributed by atoms with van der Waals surface area (Å²) in [4.78, 5) is 11.5. The summed E-state index contributed by atoms with van der Waals surface area (Å²) >= 11 is 0. The smallest absolute Gasteiger partial charge is 0.335 e. The summed E-state index contributed by atoms with van der Waals surface area (Å²) in [6.07, 6.45) is 3.38. The SMILES string of the molecule is CCCCn1cc(S(=O)(=O)Nc2ccc(-c3cc(C(=O)O)ccc3F)c3ccccc23)c(C)n1. The Bertz CT molecular complexity index is 1500. The minimum atomic E-state index is -3.93. The highest BCUT2D eigenvalue weighted by molar-refractivity contribution is 7.92. The van der Waals surface area contributed by atoms with Crippen molar-refractivity contribution in [3.63, 3.8) is 0 Å². The largest absolute Gasteiger partial charge is 0.478 e. The third-order valence-corrected chi connectivity index (χ3v) is 7.07. The van der Waals surface area contributed by atoms with Gasteiger partial charge in [0, 0.05) is 23.7 Å². The Morgan fingerprint density at radius 3 is 2.53 bits per heavy atom. The lowest BCUT2D eigenvalue weighted by molar-refractivity contribution is 0.0697. The van der Waals surface area contributed by atoms with E-state index in [2.05, 4.69) is 9.82 Å². The van der Waals surface area contributed by atoms with Crippen LogP contribution in [0, 0.1) is 12.7 Å². The Morgan fingerprint density at radius 1 is 1.09 bits per heavy atom. The van der Waals surface area contributed by atoms with Gasteiger partial charge in [0.2, 0.25) is 0 Å². The number of aromatic carboxylic acids is 1. The topological polar surface area (TPSA) is 101 Å². The van der Waals surface area contributed by atoms with Crippen LogP contribution in [0.1, 0.15) is 35.8 Å². The van der Waals surface area contributed by atoms with Gasteiger partial charge < -0.3 is 5.11 Å². The summed E-state index contributed by atoms with van der Waals surface area (Å²) in [6, 6.07) is 13.7. The number of anilines is 1. The molecule has 0 aliphatic heterocycles. The van der Waals surface area contributed by atoms with Crippen molar-refractivity contribution in [1.29, 1.82) is 0 Å². The first-order chi connectivity index (χ1) is 16.2. The molecule has 0 atom stereocenters. The number of carboxylic acids is 1. The maximum Gasteiger partial charge on any atom is 0.335 e. The van der Waals surface area contributed by atoms with Gasteiger partial charge in [-0.05, 0) is 48.6 Å². The van der Waals surface area contributed by atoms with Crippen molar-refractivity contribution >= 4 is 32.5 Å². The Morgan fingerprint density at radius 2 is 1.82 bits per heavy atom. The van der Waals surface area contributed by atoms with Gasteiger partial charge in [0.25, 0.3) is 10.0 Å². The fraction of sp³-hybridized carbons (Fsp3) is 0.200. The fourth-order valence-electron chi connectivity index (χ4n) is 3.89. The monoisotopic (exact) mass is 481 g/mol. The summed E-state index contributed by atoms with van der Waals surface area (Å²) in [6.45, 7) is 4.33. The summed E-state index contributed by atoms with van der Waals surface area (Å²) in [7, 11) is -3.93. The second-order valence-electron chi connectivity index (χ2n) is 8.01. The predicted octanol–water partition coefficient (Wildman–Crippen LogP) is 5.45. The number of carbonyl (C=O) groups is 1. The van der Waals surface area contributed by atoms with Crippen molar-refractivity contribution in [3.8, 4) is 11.1 Å².